The molecule has 2 rings (SSSR count). The molecule has 0 fully saturated rings. The predicted octanol–water partition coefficient (Wildman–Crippen LogP) is 2.03. The van der Waals surface area contributed by atoms with Gasteiger partial charge in [0.15, 0.2) is 6.79 Å². The molecule has 2 aromatic carbocycles. The molecule has 0 heterocycles. The van der Waals surface area contributed by atoms with Crippen molar-refractivity contribution in [3.63, 3.8) is 0 Å². The van der Waals surface area contributed by atoms with E-state index in [1.54, 1.807) is 14.2 Å². The SMILES string of the molecule is CNCc1ccccc1Pc1cc(OC)ccc1OCOC. The third-order valence-corrected chi connectivity index (χ3v) is 4.59. The van der Waals surface area contributed by atoms with E-state index in [0.29, 0.717) is 8.58 Å². The first kappa shape index (κ1) is 16.8. The summed E-state index contributed by atoms with van der Waals surface area (Å²) in [4.78, 5) is 0. The monoisotopic (exact) mass is 319 g/mol. The van der Waals surface area contributed by atoms with Crippen molar-refractivity contribution < 1.29 is 14.2 Å². The molecule has 0 aliphatic heterocycles. The zero-order chi connectivity index (χ0) is 15.8. The van der Waals surface area contributed by atoms with Crippen molar-refractivity contribution in [3.8, 4) is 11.5 Å². The summed E-state index contributed by atoms with van der Waals surface area (Å²) in [5, 5.41) is 5.62. The second-order valence-electron chi connectivity index (χ2n) is 4.73. The maximum absolute atomic E-state index is 5.67. The van der Waals surface area contributed by atoms with Crippen LogP contribution in [0.15, 0.2) is 42.5 Å². The van der Waals surface area contributed by atoms with Gasteiger partial charge in [0.2, 0.25) is 0 Å². The van der Waals surface area contributed by atoms with E-state index in [4.69, 9.17) is 14.2 Å². The van der Waals surface area contributed by atoms with Crippen LogP contribution < -0.4 is 25.4 Å². The Bertz CT molecular complexity index is 604. The van der Waals surface area contributed by atoms with E-state index in [2.05, 4.69) is 29.6 Å². The number of methoxy groups -OCH3 is 2. The van der Waals surface area contributed by atoms with Crippen LogP contribution in [0.4, 0.5) is 0 Å². The van der Waals surface area contributed by atoms with Crippen LogP contribution in [0.1, 0.15) is 5.56 Å². The van der Waals surface area contributed by atoms with Gasteiger partial charge >= 0.3 is 0 Å². The number of hydrogen-bond donors (Lipinski definition) is 1. The van der Waals surface area contributed by atoms with Crippen LogP contribution in [0.3, 0.4) is 0 Å². The van der Waals surface area contributed by atoms with Gasteiger partial charge in [-0.3, -0.25) is 0 Å². The molecule has 0 bridgehead atoms. The summed E-state index contributed by atoms with van der Waals surface area (Å²) in [6.07, 6.45) is 0. The first-order chi connectivity index (χ1) is 10.8. The summed E-state index contributed by atoms with van der Waals surface area (Å²) >= 11 is 0. The Labute approximate surface area is 133 Å². The lowest BCUT2D eigenvalue weighted by atomic mass is 10.2. The van der Waals surface area contributed by atoms with E-state index in [1.807, 2.05) is 25.2 Å². The number of hydrogen-bond acceptors (Lipinski definition) is 4. The van der Waals surface area contributed by atoms with Gasteiger partial charge in [-0.15, -0.1) is 0 Å². The van der Waals surface area contributed by atoms with Gasteiger partial charge in [0.1, 0.15) is 11.5 Å². The minimum absolute atomic E-state index is 0.238. The Morgan fingerprint density at radius 2 is 1.86 bits per heavy atom. The van der Waals surface area contributed by atoms with Crippen LogP contribution in [-0.4, -0.2) is 28.1 Å². The molecule has 0 spiro atoms. The van der Waals surface area contributed by atoms with Gasteiger partial charge in [-0.05, 0) is 36.1 Å². The average Bonchev–Trinajstić information content (AvgIpc) is 2.55. The van der Waals surface area contributed by atoms with E-state index in [9.17, 15) is 0 Å². The fraction of sp³-hybridized carbons (Fsp3) is 0.294. The smallest absolute Gasteiger partial charge is 0.188 e. The topological polar surface area (TPSA) is 39.7 Å². The van der Waals surface area contributed by atoms with E-state index in [-0.39, 0.29) is 6.79 Å². The fourth-order valence-electron chi connectivity index (χ4n) is 2.11. The normalized spacial score (nSPS) is 11.0. The van der Waals surface area contributed by atoms with Crippen LogP contribution in [0.25, 0.3) is 0 Å². The minimum Gasteiger partial charge on any atom is -0.497 e. The van der Waals surface area contributed by atoms with Crippen LogP contribution in [0, 0.1) is 0 Å². The number of benzene rings is 2. The van der Waals surface area contributed by atoms with Gasteiger partial charge in [0.25, 0.3) is 0 Å². The molecule has 1 atom stereocenters. The summed E-state index contributed by atoms with van der Waals surface area (Å²) < 4.78 is 16.0. The molecule has 4 nitrogen and oxygen atoms in total. The van der Waals surface area contributed by atoms with Gasteiger partial charge in [-0.1, -0.05) is 32.8 Å². The largest absolute Gasteiger partial charge is 0.497 e. The maximum Gasteiger partial charge on any atom is 0.188 e. The minimum atomic E-state index is 0.238. The van der Waals surface area contributed by atoms with E-state index in [1.165, 1.54) is 10.9 Å². The molecule has 0 aliphatic rings. The third kappa shape index (κ3) is 4.44. The van der Waals surface area contributed by atoms with Gasteiger partial charge in [0, 0.05) is 19.0 Å². The predicted molar refractivity (Wildman–Crippen MR) is 92.3 cm³/mol. The lowest BCUT2D eigenvalue weighted by Crippen LogP contribution is -2.16. The lowest BCUT2D eigenvalue weighted by molar-refractivity contribution is 0.0519. The molecule has 1 unspecified atom stereocenters. The van der Waals surface area contributed by atoms with Crippen molar-refractivity contribution in [2.45, 2.75) is 6.54 Å². The van der Waals surface area contributed by atoms with Crippen LogP contribution in [-0.2, 0) is 11.3 Å². The van der Waals surface area contributed by atoms with Gasteiger partial charge in [0.05, 0.1) is 7.11 Å². The fourth-order valence-corrected chi connectivity index (χ4v) is 3.41. The molecule has 0 saturated carbocycles. The molecule has 0 saturated heterocycles. The van der Waals surface area contributed by atoms with Gasteiger partial charge in [-0.2, -0.15) is 0 Å². The molecule has 1 N–H and O–H groups in total. The van der Waals surface area contributed by atoms with Crippen molar-refractivity contribution in [2.75, 3.05) is 28.1 Å². The number of ether oxygens (including phenoxy) is 3. The Kier molecular flexibility index (Phi) is 6.66. The molecule has 0 radical (unpaired) electrons. The molecule has 0 amide bonds. The second kappa shape index (κ2) is 8.74. The Morgan fingerprint density at radius 3 is 2.59 bits per heavy atom. The standard InChI is InChI=1S/C17H22NO3P/c1-18-11-13-6-4-5-7-16(13)22-17-10-14(20-3)8-9-15(17)21-12-19-2/h4-10,18,22H,11-12H2,1-3H3. The third-order valence-electron chi connectivity index (χ3n) is 3.17. The summed E-state index contributed by atoms with van der Waals surface area (Å²) in [6, 6.07) is 14.3. The molecular weight excluding hydrogens is 297 g/mol. The van der Waals surface area contributed by atoms with Crippen LogP contribution in [0.2, 0.25) is 0 Å². The molecular formula is C17H22NO3P. The van der Waals surface area contributed by atoms with Crippen molar-refractivity contribution >= 4 is 19.2 Å². The van der Waals surface area contributed by atoms with Crippen molar-refractivity contribution in [1.29, 1.82) is 0 Å². The quantitative estimate of drug-likeness (QED) is 0.597. The number of rotatable bonds is 8. The molecule has 0 aliphatic carbocycles. The maximum atomic E-state index is 5.67. The zero-order valence-corrected chi connectivity index (χ0v) is 14.2. The molecule has 2 aromatic rings. The van der Waals surface area contributed by atoms with Gasteiger partial charge < -0.3 is 19.5 Å². The van der Waals surface area contributed by atoms with Crippen molar-refractivity contribution in [2.24, 2.45) is 0 Å². The van der Waals surface area contributed by atoms with Crippen molar-refractivity contribution in [3.05, 3.63) is 48.0 Å². The lowest BCUT2D eigenvalue weighted by Gasteiger charge is -2.14. The van der Waals surface area contributed by atoms with Crippen LogP contribution >= 0.6 is 8.58 Å². The van der Waals surface area contributed by atoms with E-state index < -0.39 is 0 Å². The second-order valence-corrected chi connectivity index (χ2v) is 6.05. The Balaban J connectivity index is 2.30. The average molecular weight is 319 g/mol. The number of nitrogens with one attached hydrogen (secondary N) is 1. The summed E-state index contributed by atoms with van der Waals surface area (Å²) in [5.41, 5.74) is 1.30. The highest BCUT2D eigenvalue weighted by Gasteiger charge is 2.09. The highest BCUT2D eigenvalue weighted by Crippen LogP contribution is 2.25. The molecule has 118 valence electrons. The highest BCUT2D eigenvalue weighted by atomic mass is 31.1. The van der Waals surface area contributed by atoms with E-state index >= 15 is 0 Å². The first-order valence-electron chi connectivity index (χ1n) is 7.07. The van der Waals surface area contributed by atoms with E-state index in [0.717, 1.165) is 23.3 Å². The highest BCUT2D eigenvalue weighted by molar-refractivity contribution is 7.55. The summed E-state index contributed by atoms with van der Waals surface area (Å²) in [7, 11) is 5.74. The Morgan fingerprint density at radius 1 is 1.05 bits per heavy atom. The molecule has 5 heteroatoms. The zero-order valence-electron chi connectivity index (χ0n) is 13.2. The first-order valence-corrected chi connectivity index (χ1v) is 8.07. The van der Waals surface area contributed by atoms with Crippen molar-refractivity contribution in [1.82, 2.24) is 5.32 Å². The Hall–Kier alpha value is -1.61. The molecule has 0 aromatic heterocycles. The summed E-state index contributed by atoms with van der Waals surface area (Å²) in [6.45, 7) is 1.09. The molecule has 22 heavy (non-hydrogen) atoms. The van der Waals surface area contributed by atoms with Gasteiger partial charge in [-0.25, -0.2) is 0 Å². The van der Waals surface area contributed by atoms with Crippen LogP contribution in [0.5, 0.6) is 11.5 Å². The summed E-state index contributed by atoms with van der Waals surface area (Å²) in [5.74, 6) is 1.67.